The van der Waals surface area contributed by atoms with Crippen molar-refractivity contribution < 1.29 is 14.3 Å². The molecule has 3 nitrogen and oxygen atoms in total. The van der Waals surface area contributed by atoms with E-state index in [0.717, 1.165) is 12.0 Å². The Kier molecular flexibility index (Phi) is 3.37. The van der Waals surface area contributed by atoms with Crippen LogP contribution in [0.25, 0.3) is 0 Å². The summed E-state index contributed by atoms with van der Waals surface area (Å²) in [5, 5.41) is 0. The van der Waals surface area contributed by atoms with Crippen molar-refractivity contribution in [2.24, 2.45) is 0 Å². The Balaban J connectivity index is 2.01. The lowest BCUT2D eigenvalue weighted by atomic mass is 10.1. The summed E-state index contributed by atoms with van der Waals surface area (Å²) in [4.78, 5) is 11.2. The molecule has 0 unspecified atom stereocenters. The van der Waals surface area contributed by atoms with E-state index in [4.69, 9.17) is 4.74 Å². The van der Waals surface area contributed by atoms with Crippen molar-refractivity contribution >= 4 is 5.97 Å². The molecule has 1 aromatic rings. The number of carbonyl (C=O) groups is 1. The number of ether oxygens (including phenoxy) is 2. The number of carbonyl (C=O) groups excluding carboxylic acids is 1. The van der Waals surface area contributed by atoms with Crippen molar-refractivity contribution in [2.75, 3.05) is 13.7 Å². The Labute approximate surface area is 94.7 Å². The number of methoxy groups -OCH3 is 1. The van der Waals surface area contributed by atoms with Gasteiger partial charge in [-0.25, -0.2) is 4.79 Å². The second-order valence-corrected chi connectivity index (χ2v) is 3.69. The third-order valence-electron chi connectivity index (χ3n) is 2.57. The van der Waals surface area contributed by atoms with Gasteiger partial charge in [0.2, 0.25) is 0 Å². The number of esters is 1. The first kappa shape index (κ1) is 10.9. The van der Waals surface area contributed by atoms with Gasteiger partial charge in [-0.05, 0) is 17.7 Å². The normalized spacial score (nSPS) is 18.7. The minimum atomic E-state index is -0.302. The van der Waals surface area contributed by atoms with Gasteiger partial charge >= 0.3 is 5.97 Å². The first-order chi connectivity index (χ1) is 7.79. The maximum atomic E-state index is 11.2. The average molecular weight is 218 g/mol. The lowest BCUT2D eigenvalue weighted by molar-refractivity contribution is 0.0600. The van der Waals surface area contributed by atoms with Gasteiger partial charge in [-0.3, -0.25) is 0 Å². The van der Waals surface area contributed by atoms with E-state index in [0.29, 0.717) is 12.2 Å². The molecule has 3 heteroatoms. The molecule has 0 N–H and O–H groups in total. The van der Waals surface area contributed by atoms with E-state index in [1.165, 1.54) is 7.11 Å². The van der Waals surface area contributed by atoms with Gasteiger partial charge in [-0.2, -0.15) is 0 Å². The summed E-state index contributed by atoms with van der Waals surface area (Å²) in [5.74, 6) is -0.302. The van der Waals surface area contributed by atoms with Crippen molar-refractivity contribution in [3.8, 4) is 0 Å². The molecule has 84 valence electrons. The van der Waals surface area contributed by atoms with Crippen molar-refractivity contribution in [3.63, 3.8) is 0 Å². The van der Waals surface area contributed by atoms with E-state index < -0.39 is 0 Å². The molecule has 0 amide bonds. The van der Waals surface area contributed by atoms with E-state index in [1.54, 1.807) is 12.1 Å². The molecule has 1 aromatic carbocycles. The minimum absolute atomic E-state index is 0.170. The first-order valence-electron chi connectivity index (χ1n) is 5.25. The largest absolute Gasteiger partial charge is 0.465 e. The van der Waals surface area contributed by atoms with Crippen LogP contribution in [0.3, 0.4) is 0 Å². The van der Waals surface area contributed by atoms with Crippen LogP contribution in [-0.4, -0.2) is 25.8 Å². The summed E-state index contributed by atoms with van der Waals surface area (Å²) in [6.45, 7) is 0.699. The topological polar surface area (TPSA) is 35.5 Å². The molecule has 0 aromatic heterocycles. The highest BCUT2D eigenvalue weighted by Gasteiger charge is 2.11. The highest BCUT2D eigenvalue weighted by Crippen LogP contribution is 2.12. The molecule has 1 aliphatic rings. The molecular formula is C13H14O3. The van der Waals surface area contributed by atoms with Gasteiger partial charge in [0, 0.05) is 6.42 Å². The molecule has 1 atom stereocenters. The van der Waals surface area contributed by atoms with Gasteiger partial charge in [-0.1, -0.05) is 24.3 Å². The molecule has 0 fully saturated rings. The first-order valence-corrected chi connectivity index (χ1v) is 5.25. The molecule has 0 spiro atoms. The van der Waals surface area contributed by atoms with Crippen LogP contribution in [0, 0.1) is 0 Å². The fourth-order valence-corrected chi connectivity index (χ4v) is 1.70. The highest BCUT2D eigenvalue weighted by molar-refractivity contribution is 5.89. The molecule has 0 aliphatic carbocycles. The number of rotatable bonds is 3. The second-order valence-electron chi connectivity index (χ2n) is 3.69. The molecule has 0 bridgehead atoms. The lowest BCUT2D eigenvalue weighted by Gasteiger charge is -2.08. The van der Waals surface area contributed by atoms with Gasteiger partial charge in [-0.15, -0.1) is 0 Å². The minimum Gasteiger partial charge on any atom is -0.465 e. The third-order valence-corrected chi connectivity index (χ3v) is 2.57. The Morgan fingerprint density at radius 1 is 1.44 bits per heavy atom. The maximum Gasteiger partial charge on any atom is 0.337 e. The Bertz CT molecular complexity index is 392. The molecule has 0 saturated carbocycles. The zero-order valence-electron chi connectivity index (χ0n) is 9.18. The van der Waals surface area contributed by atoms with Crippen molar-refractivity contribution in [1.82, 2.24) is 0 Å². The van der Waals surface area contributed by atoms with Crippen LogP contribution in [-0.2, 0) is 15.9 Å². The van der Waals surface area contributed by atoms with E-state index >= 15 is 0 Å². The fraction of sp³-hybridized carbons (Fsp3) is 0.308. The van der Waals surface area contributed by atoms with E-state index in [-0.39, 0.29) is 12.1 Å². The quantitative estimate of drug-likeness (QED) is 0.574. The monoisotopic (exact) mass is 218 g/mol. The van der Waals surface area contributed by atoms with E-state index in [1.807, 2.05) is 18.2 Å². The van der Waals surface area contributed by atoms with Crippen molar-refractivity contribution in [1.29, 1.82) is 0 Å². The zero-order valence-corrected chi connectivity index (χ0v) is 9.18. The van der Waals surface area contributed by atoms with Crippen LogP contribution in [0.1, 0.15) is 15.9 Å². The van der Waals surface area contributed by atoms with E-state index in [9.17, 15) is 4.79 Å². The number of benzene rings is 1. The Morgan fingerprint density at radius 2 is 2.19 bits per heavy atom. The summed E-state index contributed by atoms with van der Waals surface area (Å²) in [5.41, 5.74) is 1.73. The molecule has 1 heterocycles. The lowest BCUT2D eigenvalue weighted by Crippen LogP contribution is -2.08. The van der Waals surface area contributed by atoms with Crippen LogP contribution < -0.4 is 0 Å². The van der Waals surface area contributed by atoms with Crippen LogP contribution >= 0.6 is 0 Å². The van der Waals surface area contributed by atoms with Crippen LogP contribution in [0.5, 0.6) is 0 Å². The SMILES string of the molecule is COC(=O)c1ccc(C[C@H]2C=CCO2)cc1. The second kappa shape index (κ2) is 4.94. The molecular weight excluding hydrogens is 204 g/mol. The van der Waals surface area contributed by atoms with Crippen molar-refractivity contribution in [2.45, 2.75) is 12.5 Å². The molecule has 0 radical (unpaired) electrons. The molecule has 1 aliphatic heterocycles. The Morgan fingerprint density at radius 3 is 2.75 bits per heavy atom. The highest BCUT2D eigenvalue weighted by atomic mass is 16.5. The van der Waals surface area contributed by atoms with Crippen LogP contribution in [0.15, 0.2) is 36.4 Å². The van der Waals surface area contributed by atoms with Crippen LogP contribution in [0.4, 0.5) is 0 Å². The van der Waals surface area contributed by atoms with Crippen LogP contribution in [0.2, 0.25) is 0 Å². The average Bonchev–Trinajstić information content (AvgIpc) is 2.82. The number of hydrogen-bond acceptors (Lipinski definition) is 3. The van der Waals surface area contributed by atoms with E-state index in [2.05, 4.69) is 10.8 Å². The van der Waals surface area contributed by atoms with Gasteiger partial charge < -0.3 is 9.47 Å². The van der Waals surface area contributed by atoms with Gasteiger partial charge in [0.05, 0.1) is 25.4 Å². The Hall–Kier alpha value is -1.61. The standard InChI is InChI=1S/C13H14O3/c1-15-13(14)11-6-4-10(5-7-11)9-12-3-2-8-16-12/h2-7,12H,8-9H2,1H3/t12-/m1/s1. The van der Waals surface area contributed by atoms with Crippen molar-refractivity contribution in [3.05, 3.63) is 47.5 Å². The maximum absolute atomic E-state index is 11.2. The summed E-state index contributed by atoms with van der Waals surface area (Å²) in [6, 6.07) is 7.42. The summed E-state index contributed by atoms with van der Waals surface area (Å²) in [7, 11) is 1.38. The van der Waals surface area contributed by atoms with Gasteiger partial charge in [0.1, 0.15) is 0 Å². The number of hydrogen-bond donors (Lipinski definition) is 0. The summed E-state index contributed by atoms with van der Waals surface area (Å²) in [6.07, 6.45) is 5.10. The van der Waals surface area contributed by atoms with Gasteiger partial charge in [0.25, 0.3) is 0 Å². The summed E-state index contributed by atoms with van der Waals surface area (Å²) >= 11 is 0. The predicted octanol–water partition coefficient (Wildman–Crippen LogP) is 1.97. The molecule has 2 rings (SSSR count). The molecule has 0 saturated heterocycles. The third kappa shape index (κ3) is 2.49. The smallest absolute Gasteiger partial charge is 0.337 e. The zero-order chi connectivity index (χ0) is 11.4. The fourth-order valence-electron chi connectivity index (χ4n) is 1.70. The predicted molar refractivity (Wildman–Crippen MR) is 60.4 cm³/mol. The molecule has 16 heavy (non-hydrogen) atoms. The summed E-state index contributed by atoms with van der Waals surface area (Å²) < 4.78 is 10.1. The van der Waals surface area contributed by atoms with Gasteiger partial charge in [0.15, 0.2) is 0 Å².